The molecule has 0 aliphatic carbocycles. The third kappa shape index (κ3) is 6.46. The molecule has 3 rings (SSSR count). The van der Waals surface area contributed by atoms with E-state index < -0.39 is 0 Å². The van der Waals surface area contributed by atoms with E-state index in [0.717, 1.165) is 42.8 Å². The highest BCUT2D eigenvalue weighted by Gasteiger charge is 2.17. The molecule has 6 heteroatoms. The summed E-state index contributed by atoms with van der Waals surface area (Å²) in [5.74, 6) is 0.823. The average Bonchev–Trinajstić information content (AvgIpc) is 3.16. The van der Waals surface area contributed by atoms with E-state index in [0.29, 0.717) is 5.02 Å². The number of anilines is 1. The van der Waals surface area contributed by atoms with Gasteiger partial charge in [-0.25, -0.2) is 0 Å². The van der Waals surface area contributed by atoms with Crippen molar-refractivity contribution in [1.29, 1.82) is 0 Å². The number of hydrogen-bond acceptors (Lipinski definition) is 3. The Labute approximate surface area is 177 Å². The number of thiocarbonyl (C=S) groups is 1. The van der Waals surface area contributed by atoms with Crippen LogP contribution in [0.3, 0.4) is 0 Å². The van der Waals surface area contributed by atoms with Crippen LogP contribution in [0.25, 0.3) is 0 Å². The quantitative estimate of drug-likeness (QED) is 0.575. The first kappa shape index (κ1) is 20.6. The molecule has 0 spiro atoms. The second kappa shape index (κ2) is 10.4. The molecule has 0 saturated carbocycles. The topological polar surface area (TPSA) is 18.5 Å². The third-order valence-corrected chi connectivity index (χ3v) is 6.52. The van der Waals surface area contributed by atoms with E-state index >= 15 is 0 Å². The molecule has 1 fully saturated rings. The van der Waals surface area contributed by atoms with Gasteiger partial charge in [-0.3, -0.25) is 0 Å². The number of halogens is 1. The van der Waals surface area contributed by atoms with Crippen LogP contribution in [0.5, 0.6) is 0 Å². The zero-order chi connectivity index (χ0) is 19.1. The van der Waals surface area contributed by atoms with Gasteiger partial charge in [-0.1, -0.05) is 36.7 Å². The van der Waals surface area contributed by atoms with Gasteiger partial charge in [0.25, 0.3) is 0 Å². The number of piperidine rings is 1. The minimum atomic E-state index is 0.693. The van der Waals surface area contributed by atoms with Crippen molar-refractivity contribution in [3.05, 3.63) is 51.7 Å². The Hall–Kier alpha value is -1.14. The summed E-state index contributed by atoms with van der Waals surface area (Å²) < 4.78 is 0. The van der Waals surface area contributed by atoms with Crippen molar-refractivity contribution in [2.75, 3.05) is 31.5 Å². The molecule has 1 atom stereocenters. The fourth-order valence-electron chi connectivity index (χ4n) is 3.57. The highest BCUT2D eigenvalue weighted by Crippen LogP contribution is 2.22. The fraction of sp³-hybridized carbons (Fsp3) is 0.476. The van der Waals surface area contributed by atoms with Gasteiger partial charge < -0.3 is 15.1 Å². The summed E-state index contributed by atoms with van der Waals surface area (Å²) in [5.41, 5.74) is 0.866. The minimum absolute atomic E-state index is 0.693. The molecular weight excluding hydrogens is 394 g/mol. The van der Waals surface area contributed by atoms with Crippen molar-refractivity contribution in [2.45, 2.75) is 32.7 Å². The molecule has 2 aromatic rings. The number of para-hydroxylation sites is 1. The fourth-order valence-corrected chi connectivity index (χ4v) is 4.74. The molecule has 1 aliphatic rings. The molecule has 0 bridgehead atoms. The molecule has 2 heterocycles. The van der Waals surface area contributed by atoms with E-state index in [9.17, 15) is 0 Å². The van der Waals surface area contributed by atoms with Crippen molar-refractivity contribution in [1.82, 2.24) is 9.80 Å². The summed E-state index contributed by atoms with van der Waals surface area (Å²) in [5, 5.41) is 6.89. The van der Waals surface area contributed by atoms with Crippen LogP contribution in [0, 0.1) is 5.92 Å². The van der Waals surface area contributed by atoms with E-state index in [1.54, 1.807) is 11.3 Å². The molecule has 27 heavy (non-hydrogen) atoms. The molecule has 1 N–H and O–H groups in total. The van der Waals surface area contributed by atoms with Gasteiger partial charge in [0.2, 0.25) is 0 Å². The monoisotopic (exact) mass is 421 g/mol. The number of likely N-dealkylation sites (tertiary alicyclic amines) is 1. The zero-order valence-electron chi connectivity index (χ0n) is 15.9. The Bertz CT molecular complexity index is 720. The molecule has 0 radical (unpaired) electrons. The van der Waals surface area contributed by atoms with E-state index in [2.05, 4.69) is 39.6 Å². The molecule has 1 aromatic carbocycles. The average molecular weight is 422 g/mol. The second-order valence-corrected chi connectivity index (χ2v) is 9.14. The molecule has 1 unspecified atom stereocenters. The maximum absolute atomic E-state index is 6.29. The van der Waals surface area contributed by atoms with Crippen LogP contribution in [-0.4, -0.2) is 41.1 Å². The smallest absolute Gasteiger partial charge is 0.173 e. The van der Waals surface area contributed by atoms with Gasteiger partial charge >= 0.3 is 0 Å². The summed E-state index contributed by atoms with van der Waals surface area (Å²) in [4.78, 5) is 6.18. The molecule has 146 valence electrons. The largest absolute Gasteiger partial charge is 0.344 e. The van der Waals surface area contributed by atoms with Crippen LogP contribution in [0.1, 0.15) is 31.1 Å². The lowest BCUT2D eigenvalue weighted by molar-refractivity contribution is 0.177. The van der Waals surface area contributed by atoms with E-state index in [1.165, 1.54) is 30.8 Å². The van der Waals surface area contributed by atoms with Crippen LogP contribution >= 0.6 is 35.2 Å². The van der Waals surface area contributed by atoms with Crippen LogP contribution < -0.4 is 5.32 Å². The van der Waals surface area contributed by atoms with Gasteiger partial charge in [-0.05, 0) is 74.1 Å². The zero-order valence-corrected chi connectivity index (χ0v) is 18.3. The predicted octanol–water partition coefficient (Wildman–Crippen LogP) is 5.72. The minimum Gasteiger partial charge on any atom is -0.344 e. The van der Waals surface area contributed by atoms with Gasteiger partial charge in [-0.2, -0.15) is 0 Å². The highest BCUT2D eigenvalue weighted by molar-refractivity contribution is 7.80. The van der Waals surface area contributed by atoms with E-state index in [4.69, 9.17) is 23.8 Å². The van der Waals surface area contributed by atoms with Gasteiger partial charge in [0.15, 0.2) is 5.11 Å². The number of rotatable bonds is 7. The lowest BCUT2D eigenvalue weighted by Gasteiger charge is -2.32. The normalized spacial score (nSPS) is 17.6. The summed E-state index contributed by atoms with van der Waals surface area (Å²) in [6.07, 6.45) is 3.81. The van der Waals surface area contributed by atoms with Crippen LogP contribution in [-0.2, 0) is 6.54 Å². The number of hydrogen-bond donors (Lipinski definition) is 1. The first-order chi connectivity index (χ1) is 13.1. The van der Waals surface area contributed by atoms with Crippen LogP contribution in [0.4, 0.5) is 5.69 Å². The Balaban J connectivity index is 1.58. The van der Waals surface area contributed by atoms with Gasteiger partial charge in [0.05, 0.1) is 17.3 Å². The summed E-state index contributed by atoms with van der Waals surface area (Å²) in [6.45, 7) is 7.74. The van der Waals surface area contributed by atoms with E-state index in [-0.39, 0.29) is 0 Å². The summed E-state index contributed by atoms with van der Waals surface area (Å²) in [6, 6.07) is 12.0. The molecule has 3 nitrogen and oxygen atoms in total. The highest BCUT2D eigenvalue weighted by atomic mass is 35.5. The first-order valence-electron chi connectivity index (χ1n) is 9.67. The lowest BCUT2D eigenvalue weighted by atomic mass is 10.0. The van der Waals surface area contributed by atoms with Crippen LogP contribution in [0.15, 0.2) is 41.8 Å². The standard InChI is InChI=1S/C21H28ClN3S2/c1-17-7-4-11-24(15-17)12-6-13-25(16-18-8-5-14-27-18)21(26)23-20-10-3-2-9-19(20)22/h2-3,5,8-10,14,17H,4,6-7,11-13,15-16H2,1H3,(H,23,26). The van der Waals surface area contributed by atoms with Crippen molar-refractivity contribution >= 4 is 46.0 Å². The maximum atomic E-state index is 6.29. The number of benzene rings is 1. The Morgan fingerprint density at radius 3 is 2.93 bits per heavy atom. The lowest BCUT2D eigenvalue weighted by Crippen LogP contribution is -2.39. The molecule has 1 aromatic heterocycles. The Morgan fingerprint density at radius 2 is 2.19 bits per heavy atom. The number of nitrogens with zero attached hydrogens (tertiary/aromatic N) is 2. The SMILES string of the molecule is CC1CCCN(CCCN(Cc2cccs2)C(=S)Nc2ccccc2Cl)C1. The van der Waals surface area contributed by atoms with Gasteiger partial charge in [-0.15, -0.1) is 11.3 Å². The van der Waals surface area contributed by atoms with E-state index in [1.807, 2.05) is 24.3 Å². The van der Waals surface area contributed by atoms with Crippen molar-refractivity contribution in [3.8, 4) is 0 Å². The summed E-state index contributed by atoms with van der Waals surface area (Å²) in [7, 11) is 0. The molecule has 1 aliphatic heterocycles. The van der Waals surface area contributed by atoms with Crippen molar-refractivity contribution in [3.63, 3.8) is 0 Å². The van der Waals surface area contributed by atoms with Crippen LogP contribution in [0.2, 0.25) is 5.02 Å². The van der Waals surface area contributed by atoms with Gasteiger partial charge in [0.1, 0.15) is 0 Å². The predicted molar refractivity (Wildman–Crippen MR) is 122 cm³/mol. The molecular formula is C21H28ClN3S2. The van der Waals surface area contributed by atoms with Crippen molar-refractivity contribution < 1.29 is 0 Å². The molecule has 0 amide bonds. The van der Waals surface area contributed by atoms with Crippen molar-refractivity contribution in [2.24, 2.45) is 5.92 Å². The first-order valence-corrected chi connectivity index (χ1v) is 11.3. The Kier molecular flexibility index (Phi) is 7.94. The second-order valence-electron chi connectivity index (χ2n) is 7.31. The number of thiophene rings is 1. The molecule has 1 saturated heterocycles. The van der Waals surface area contributed by atoms with Gasteiger partial charge in [0, 0.05) is 18.0 Å². The Morgan fingerprint density at radius 1 is 1.33 bits per heavy atom. The summed E-state index contributed by atoms with van der Waals surface area (Å²) >= 11 is 13.8. The maximum Gasteiger partial charge on any atom is 0.173 e. The third-order valence-electron chi connectivity index (χ3n) is 4.97. The number of nitrogens with one attached hydrogen (secondary N) is 1.